The van der Waals surface area contributed by atoms with E-state index >= 15 is 0 Å². The predicted molar refractivity (Wildman–Crippen MR) is 83.0 cm³/mol. The van der Waals surface area contributed by atoms with Gasteiger partial charge in [-0.1, -0.05) is 45.7 Å². The predicted octanol–water partition coefficient (Wildman–Crippen LogP) is 4.78. The maximum atomic E-state index is 6.16. The number of hydrogen-bond acceptors (Lipinski definition) is 2. The molecule has 0 aliphatic rings. The first-order valence-corrected chi connectivity index (χ1v) is 7.20. The summed E-state index contributed by atoms with van der Waals surface area (Å²) in [6, 6.07) is 13.5. The van der Waals surface area contributed by atoms with Gasteiger partial charge in [0.1, 0.15) is 11.5 Å². The van der Waals surface area contributed by atoms with Crippen LogP contribution in [0.25, 0.3) is 0 Å². The summed E-state index contributed by atoms with van der Waals surface area (Å²) in [6.07, 6.45) is 0.768. The van der Waals surface area contributed by atoms with Crippen LogP contribution in [0.15, 0.2) is 46.9 Å². The van der Waals surface area contributed by atoms with E-state index in [9.17, 15) is 0 Å². The summed E-state index contributed by atoms with van der Waals surface area (Å²) < 4.78 is 6.81. The van der Waals surface area contributed by atoms with Crippen LogP contribution in [0, 0.1) is 0 Å². The molecule has 0 heterocycles. The van der Waals surface area contributed by atoms with Crippen molar-refractivity contribution in [3.8, 4) is 11.5 Å². The van der Waals surface area contributed by atoms with Gasteiger partial charge in [0.05, 0.1) is 5.02 Å². The van der Waals surface area contributed by atoms with Crippen LogP contribution in [0.4, 0.5) is 0 Å². The topological polar surface area (TPSA) is 35.2 Å². The van der Waals surface area contributed by atoms with Crippen molar-refractivity contribution >= 4 is 27.5 Å². The number of nitrogens with two attached hydrogens (primary N) is 1. The molecule has 19 heavy (non-hydrogen) atoms. The van der Waals surface area contributed by atoms with Gasteiger partial charge in [-0.05, 0) is 43.2 Å². The third kappa shape index (κ3) is 3.96. The summed E-state index contributed by atoms with van der Waals surface area (Å²) in [5, 5.41) is 0.574. The molecule has 0 saturated heterocycles. The third-order valence-corrected chi connectivity index (χ3v) is 3.42. The summed E-state index contributed by atoms with van der Waals surface area (Å²) in [5.74, 6) is 1.44. The number of benzene rings is 2. The summed E-state index contributed by atoms with van der Waals surface area (Å²) in [7, 11) is 0. The van der Waals surface area contributed by atoms with Gasteiger partial charge in [0.2, 0.25) is 0 Å². The second-order valence-corrected chi connectivity index (χ2v) is 5.79. The maximum Gasteiger partial charge on any atom is 0.146 e. The minimum atomic E-state index is 0.0881. The molecule has 0 radical (unpaired) electrons. The lowest BCUT2D eigenvalue weighted by Crippen LogP contribution is -2.18. The molecule has 4 heteroatoms. The van der Waals surface area contributed by atoms with Gasteiger partial charge in [-0.3, -0.25) is 0 Å². The fraction of sp³-hybridized carbons (Fsp3) is 0.200. The first kappa shape index (κ1) is 14.4. The molecule has 2 aromatic carbocycles. The lowest BCUT2D eigenvalue weighted by Gasteiger charge is -2.13. The maximum absolute atomic E-state index is 6.16. The van der Waals surface area contributed by atoms with Gasteiger partial charge in [-0.15, -0.1) is 0 Å². The van der Waals surface area contributed by atoms with E-state index < -0.39 is 0 Å². The Balaban J connectivity index is 2.27. The summed E-state index contributed by atoms with van der Waals surface area (Å²) in [4.78, 5) is 0. The van der Waals surface area contributed by atoms with Gasteiger partial charge >= 0.3 is 0 Å². The number of para-hydroxylation sites is 1. The Morgan fingerprint density at radius 3 is 2.63 bits per heavy atom. The first-order chi connectivity index (χ1) is 9.06. The second kappa shape index (κ2) is 6.42. The lowest BCUT2D eigenvalue weighted by molar-refractivity contribution is 0.474. The molecule has 0 spiro atoms. The monoisotopic (exact) mass is 339 g/mol. The second-order valence-electron chi connectivity index (χ2n) is 4.47. The van der Waals surface area contributed by atoms with Crippen LogP contribution < -0.4 is 10.5 Å². The van der Waals surface area contributed by atoms with Gasteiger partial charge in [-0.25, -0.2) is 0 Å². The Hall–Kier alpha value is -1.03. The largest absolute Gasteiger partial charge is 0.456 e. The highest BCUT2D eigenvalue weighted by atomic mass is 79.9. The first-order valence-electron chi connectivity index (χ1n) is 6.02. The van der Waals surface area contributed by atoms with Gasteiger partial charge in [0.15, 0.2) is 0 Å². The van der Waals surface area contributed by atoms with Crippen LogP contribution in [-0.4, -0.2) is 6.04 Å². The molecular formula is C15H15BrClNO. The van der Waals surface area contributed by atoms with Gasteiger partial charge in [0.25, 0.3) is 0 Å². The summed E-state index contributed by atoms with van der Waals surface area (Å²) in [5.41, 5.74) is 6.93. The molecule has 0 fully saturated rings. The average Bonchev–Trinajstić information content (AvgIpc) is 2.34. The Bertz CT molecular complexity index is 572. The zero-order chi connectivity index (χ0) is 13.8. The van der Waals surface area contributed by atoms with Crippen molar-refractivity contribution in [2.75, 3.05) is 0 Å². The highest BCUT2D eigenvalue weighted by Gasteiger charge is 2.09. The molecular weight excluding hydrogens is 326 g/mol. The molecule has 2 nitrogen and oxygen atoms in total. The van der Waals surface area contributed by atoms with Crippen molar-refractivity contribution in [2.45, 2.75) is 19.4 Å². The van der Waals surface area contributed by atoms with Crippen molar-refractivity contribution in [3.05, 3.63) is 57.5 Å². The van der Waals surface area contributed by atoms with Gasteiger partial charge in [0, 0.05) is 10.5 Å². The minimum Gasteiger partial charge on any atom is -0.456 e. The minimum absolute atomic E-state index is 0.0881. The van der Waals surface area contributed by atoms with E-state index in [1.165, 1.54) is 0 Å². The number of halogens is 2. The van der Waals surface area contributed by atoms with Crippen molar-refractivity contribution in [1.29, 1.82) is 0 Å². The molecule has 0 aromatic heterocycles. The third-order valence-electron chi connectivity index (χ3n) is 2.63. The lowest BCUT2D eigenvalue weighted by atomic mass is 10.1. The summed E-state index contributed by atoms with van der Waals surface area (Å²) in [6.45, 7) is 1.98. The highest BCUT2D eigenvalue weighted by Crippen LogP contribution is 2.33. The normalized spacial score (nSPS) is 12.2. The smallest absolute Gasteiger partial charge is 0.146 e. The number of hydrogen-bond donors (Lipinski definition) is 1. The van der Waals surface area contributed by atoms with E-state index in [2.05, 4.69) is 15.9 Å². The van der Waals surface area contributed by atoms with Crippen LogP contribution in [0.1, 0.15) is 12.5 Å². The molecule has 0 aliphatic carbocycles. The highest BCUT2D eigenvalue weighted by molar-refractivity contribution is 9.10. The average molecular weight is 341 g/mol. The Kier molecular flexibility index (Phi) is 4.86. The molecule has 2 N–H and O–H groups in total. The zero-order valence-corrected chi connectivity index (χ0v) is 12.9. The number of ether oxygens (including phenoxy) is 1. The Morgan fingerprint density at radius 2 is 1.95 bits per heavy atom. The molecule has 2 rings (SSSR count). The fourth-order valence-corrected chi connectivity index (χ4v) is 2.51. The molecule has 100 valence electrons. The van der Waals surface area contributed by atoms with E-state index in [0.717, 1.165) is 22.2 Å². The van der Waals surface area contributed by atoms with Crippen molar-refractivity contribution < 1.29 is 4.74 Å². The van der Waals surface area contributed by atoms with Crippen LogP contribution in [0.2, 0.25) is 5.02 Å². The van der Waals surface area contributed by atoms with Crippen molar-refractivity contribution in [2.24, 2.45) is 5.73 Å². The molecule has 1 unspecified atom stereocenters. The van der Waals surface area contributed by atoms with E-state index in [0.29, 0.717) is 10.8 Å². The molecule has 1 atom stereocenters. The quantitative estimate of drug-likeness (QED) is 0.869. The van der Waals surface area contributed by atoms with Crippen LogP contribution in [0.5, 0.6) is 11.5 Å². The number of rotatable bonds is 4. The van der Waals surface area contributed by atoms with Crippen LogP contribution in [0.3, 0.4) is 0 Å². The molecule has 0 amide bonds. The molecule has 0 saturated carbocycles. The Labute approximate surface area is 126 Å². The standard InChI is InChI=1S/C15H15BrClNO/c1-10(18)8-11-4-2-3-5-14(11)19-15-7-6-12(16)9-13(15)17/h2-7,9-10H,8,18H2,1H3. The summed E-state index contributed by atoms with van der Waals surface area (Å²) >= 11 is 9.53. The van der Waals surface area contributed by atoms with E-state index in [-0.39, 0.29) is 6.04 Å². The van der Waals surface area contributed by atoms with E-state index in [1.54, 1.807) is 0 Å². The fourth-order valence-electron chi connectivity index (χ4n) is 1.80. The molecule has 0 aliphatic heterocycles. The van der Waals surface area contributed by atoms with Crippen LogP contribution >= 0.6 is 27.5 Å². The molecule has 0 bridgehead atoms. The van der Waals surface area contributed by atoms with Crippen molar-refractivity contribution in [3.63, 3.8) is 0 Å². The zero-order valence-electron chi connectivity index (χ0n) is 10.6. The SMILES string of the molecule is CC(N)Cc1ccccc1Oc1ccc(Br)cc1Cl. The van der Waals surface area contributed by atoms with E-state index in [4.69, 9.17) is 22.1 Å². The molecule has 2 aromatic rings. The van der Waals surface area contributed by atoms with E-state index in [1.807, 2.05) is 49.4 Å². The Morgan fingerprint density at radius 1 is 1.21 bits per heavy atom. The van der Waals surface area contributed by atoms with Crippen molar-refractivity contribution in [1.82, 2.24) is 0 Å². The van der Waals surface area contributed by atoms with Gasteiger partial charge < -0.3 is 10.5 Å². The van der Waals surface area contributed by atoms with Crippen LogP contribution in [-0.2, 0) is 6.42 Å². The van der Waals surface area contributed by atoms with Gasteiger partial charge in [-0.2, -0.15) is 0 Å².